The van der Waals surface area contributed by atoms with Crippen LogP contribution in [-0.2, 0) is 23.7 Å². The van der Waals surface area contributed by atoms with Crippen LogP contribution in [0.25, 0.3) is 0 Å². The average Bonchev–Trinajstić information content (AvgIpc) is 2.63. The van der Waals surface area contributed by atoms with Gasteiger partial charge in [-0.25, -0.2) is 0 Å². The van der Waals surface area contributed by atoms with E-state index in [0.717, 1.165) is 19.3 Å². The number of hydrogen-bond donors (Lipinski definition) is 4. The molecule has 0 radical (unpaired) electrons. The molecular weight excluding hydrogens is 366 g/mol. The first kappa shape index (κ1) is 31.9. The number of ether oxygens (including phenoxy) is 4. The van der Waals surface area contributed by atoms with Crippen LogP contribution in [0, 0.1) is 5.41 Å². The van der Waals surface area contributed by atoms with Crippen LogP contribution < -0.4 is 17.2 Å². The fourth-order valence-electron chi connectivity index (χ4n) is 2.12. The molecule has 0 aliphatic heterocycles. The second-order valence-electron chi connectivity index (χ2n) is 6.28. The maximum Gasteiger partial charge on any atom is 0.305 e. The van der Waals surface area contributed by atoms with Crippen molar-refractivity contribution in [2.24, 2.45) is 22.6 Å². The van der Waals surface area contributed by atoms with E-state index < -0.39 is 11.4 Å². The van der Waals surface area contributed by atoms with E-state index >= 15 is 0 Å². The molecule has 9 nitrogen and oxygen atoms in total. The molecule has 0 aliphatic rings. The molecule has 28 heavy (non-hydrogen) atoms. The molecule has 0 rings (SSSR count). The summed E-state index contributed by atoms with van der Waals surface area (Å²) in [5, 5.41) is 8.75. The van der Waals surface area contributed by atoms with E-state index in [2.05, 4.69) is 0 Å². The number of hydrogen-bond acceptors (Lipinski definition) is 8. The Labute approximate surface area is 171 Å². The third-order valence-corrected chi connectivity index (χ3v) is 3.57. The van der Waals surface area contributed by atoms with Gasteiger partial charge in [0.1, 0.15) is 0 Å². The van der Waals surface area contributed by atoms with Gasteiger partial charge in [-0.3, -0.25) is 4.79 Å². The Morgan fingerprint density at radius 1 is 0.679 bits per heavy atom. The summed E-state index contributed by atoms with van der Waals surface area (Å²) in [5.41, 5.74) is 16.0. The van der Waals surface area contributed by atoms with Crippen LogP contribution in [0.15, 0.2) is 0 Å². The minimum Gasteiger partial charge on any atom is -0.481 e. The van der Waals surface area contributed by atoms with E-state index in [1.54, 1.807) is 0 Å². The van der Waals surface area contributed by atoms with Gasteiger partial charge in [0.2, 0.25) is 0 Å². The lowest BCUT2D eigenvalue weighted by Gasteiger charge is -2.33. The summed E-state index contributed by atoms with van der Waals surface area (Å²) in [6.07, 6.45) is 2.24. The monoisotopic (exact) mass is 411 g/mol. The van der Waals surface area contributed by atoms with Gasteiger partial charge in [-0.05, 0) is 38.9 Å². The summed E-state index contributed by atoms with van der Waals surface area (Å²) in [6.45, 7) is 4.85. The van der Waals surface area contributed by atoms with Crippen molar-refractivity contribution in [1.29, 1.82) is 0 Å². The number of aliphatic carboxylic acids is 1. The molecule has 172 valence electrons. The van der Waals surface area contributed by atoms with Gasteiger partial charge in [-0.1, -0.05) is 14.9 Å². The lowest BCUT2D eigenvalue weighted by atomic mass is 9.92. The van der Waals surface area contributed by atoms with Gasteiger partial charge < -0.3 is 41.3 Å². The second kappa shape index (κ2) is 22.5. The van der Waals surface area contributed by atoms with Crippen molar-refractivity contribution in [3.05, 3.63) is 0 Å². The zero-order valence-electron chi connectivity index (χ0n) is 15.8. The minimum absolute atomic E-state index is 0. The van der Waals surface area contributed by atoms with Crippen LogP contribution in [-0.4, -0.2) is 83.6 Å². The molecule has 0 heterocycles. The molecular formula is C19H45N3O6. The lowest BCUT2D eigenvalue weighted by molar-refractivity contribution is -0.140. The van der Waals surface area contributed by atoms with E-state index in [9.17, 15) is 4.79 Å². The lowest BCUT2D eigenvalue weighted by Crippen LogP contribution is -2.42. The molecule has 0 aromatic carbocycles. The second-order valence-corrected chi connectivity index (χ2v) is 6.28. The summed E-state index contributed by atoms with van der Waals surface area (Å²) in [4.78, 5) is 10.7. The predicted octanol–water partition coefficient (Wildman–Crippen LogP) is 0.833. The van der Waals surface area contributed by atoms with Crippen molar-refractivity contribution in [1.82, 2.24) is 0 Å². The van der Waals surface area contributed by atoms with Crippen LogP contribution in [0.2, 0.25) is 0 Å². The largest absolute Gasteiger partial charge is 0.481 e. The van der Waals surface area contributed by atoms with E-state index in [1.165, 1.54) is 0 Å². The van der Waals surface area contributed by atoms with Crippen molar-refractivity contribution in [3.63, 3.8) is 0 Å². The van der Waals surface area contributed by atoms with Crippen LogP contribution >= 0.6 is 0 Å². The standard InChI is InChI=1S/C17H37N3O6.2CH4/c18-5-1-8-23-12-17(13-24-9-2-6-19,14-25-10-3-7-20)15-26-11-4-16(21)22;;/h1-15,18-20H2,(H,21,22);2*1H4. The number of carboxylic acid groups (broad SMARTS) is 1. The van der Waals surface area contributed by atoms with Gasteiger partial charge >= 0.3 is 5.97 Å². The van der Waals surface area contributed by atoms with Crippen molar-refractivity contribution >= 4 is 5.97 Å². The molecule has 0 aliphatic carbocycles. The van der Waals surface area contributed by atoms with Gasteiger partial charge in [0.05, 0.1) is 44.9 Å². The fraction of sp³-hybridized carbons (Fsp3) is 0.947. The Hall–Kier alpha value is -0.810. The first-order chi connectivity index (χ1) is 12.6. The summed E-state index contributed by atoms with van der Waals surface area (Å²) in [5.74, 6) is -0.895. The highest BCUT2D eigenvalue weighted by atomic mass is 16.5. The highest BCUT2D eigenvalue weighted by Crippen LogP contribution is 2.21. The zero-order valence-corrected chi connectivity index (χ0v) is 15.8. The molecule has 0 saturated carbocycles. The molecule has 0 bridgehead atoms. The van der Waals surface area contributed by atoms with Crippen LogP contribution in [0.5, 0.6) is 0 Å². The molecule has 0 unspecified atom stereocenters. The van der Waals surface area contributed by atoms with Crippen molar-refractivity contribution < 1.29 is 28.8 Å². The van der Waals surface area contributed by atoms with Crippen molar-refractivity contribution in [3.8, 4) is 0 Å². The first-order valence-electron chi connectivity index (χ1n) is 9.23. The number of carboxylic acids is 1. The van der Waals surface area contributed by atoms with E-state index in [1.807, 2.05) is 0 Å². The van der Waals surface area contributed by atoms with Crippen molar-refractivity contribution in [2.75, 3.05) is 72.5 Å². The third kappa shape index (κ3) is 18.5. The SMILES string of the molecule is C.C.NCCCOCC(COCCCN)(COCCCN)COCCC(=O)O. The van der Waals surface area contributed by atoms with Gasteiger partial charge in [0, 0.05) is 19.8 Å². The number of nitrogens with two attached hydrogens (primary N) is 3. The average molecular weight is 412 g/mol. The molecule has 0 fully saturated rings. The molecule has 0 aromatic rings. The summed E-state index contributed by atoms with van der Waals surface area (Å²) >= 11 is 0. The van der Waals surface area contributed by atoms with E-state index in [0.29, 0.717) is 59.3 Å². The van der Waals surface area contributed by atoms with Gasteiger partial charge in [-0.2, -0.15) is 0 Å². The van der Waals surface area contributed by atoms with Crippen LogP contribution in [0.4, 0.5) is 0 Å². The normalized spacial score (nSPS) is 11.0. The number of carbonyl (C=O) groups is 1. The number of rotatable bonds is 20. The Balaban J connectivity index is -0.00000312. The molecule has 0 atom stereocenters. The van der Waals surface area contributed by atoms with E-state index in [-0.39, 0.29) is 34.5 Å². The Bertz CT molecular complexity index is 304. The Kier molecular flexibility index (Phi) is 25.6. The quantitative estimate of drug-likeness (QED) is 0.213. The highest BCUT2D eigenvalue weighted by Gasteiger charge is 2.32. The first-order valence-corrected chi connectivity index (χ1v) is 9.23. The summed E-state index contributed by atoms with van der Waals surface area (Å²) in [6, 6.07) is 0. The molecule has 0 spiro atoms. The zero-order chi connectivity index (χ0) is 19.5. The Morgan fingerprint density at radius 3 is 1.29 bits per heavy atom. The fourth-order valence-corrected chi connectivity index (χ4v) is 2.12. The summed E-state index contributed by atoms with van der Waals surface area (Å²) in [7, 11) is 0. The van der Waals surface area contributed by atoms with Gasteiger partial charge in [0.15, 0.2) is 0 Å². The minimum atomic E-state index is -0.895. The summed E-state index contributed by atoms with van der Waals surface area (Å²) < 4.78 is 22.8. The maximum atomic E-state index is 10.7. The molecule has 0 saturated heterocycles. The van der Waals surface area contributed by atoms with Gasteiger partial charge in [0.25, 0.3) is 0 Å². The van der Waals surface area contributed by atoms with Gasteiger partial charge in [-0.15, -0.1) is 0 Å². The van der Waals surface area contributed by atoms with Crippen molar-refractivity contribution in [2.45, 2.75) is 40.5 Å². The molecule has 9 heteroatoms. The van der Waals surface area contributed by atoms with E-state index in [4.69, 9.17) is 41.3 Å². The Morgan fingerprint density at radius 2 is 1.00 bits per heavy atom. The predicted molar refractivity (Wildman–Crippen MR) is 112 cm³/mol. The molecule has 0 aromatic heterocycles. The van der Waals surface area contributed by atoms with Crippen LogP contribution in [0.3, 0.4) is 0 Å². The smallest absolute Gasteiger partial charge is 0.305 e. The third-order valence-electron chi connectivity index (χ3n) is 3.57. The highest BCUT2D eigenvalue weighted by molar-refractivity contribution is 5.66. The topological polar surface area (TPSA) is 152 Å². The molecule has 7 N–H and O–H groups in total. The maximum absolute atomic E-state index is 10.7. The molecule has 0 amide bonds. The van der Waals surface area contributed by atoms with Crippen LogP contribution in [0.1, 0.15) is 40.5 Å².